The number of anilines is 2. The molecule has 142 valence electrons. The van der Waals surface area contributed by atoms with E-state index in [1.807, 2.05) is 48.5 Å². The van der Waals surface area contributed by atoms with Crippen molar-refractivity contribution in [2.24, 2.45) is 0 Å². The number of nitrogens with zero attached hydrogens (tertiary/aromatic N) is 3. The number of hydrogen-bond donors (Lipinski definition) is 1. The number of fused-ring (bicyclic) bond motifs is 1. The van der Waals surface area contributed by atoms with E-state index >= 15 is 0 Å². The van der Waals surface area contributed by atoms with Crippen LogP contribution in [0.2, 0.25) is 0 Å². The minimum atomic E-state index is 0.273. The average Bonchev–Trinajstić information content (AvgIpc) is 3.21. The maximum Gasteiger partial charge on any atom is 0.143 e. The molecule has 0 spiro atoms. The van der Waals surface area contributed by atoms with Crippen LogP contribution in [0.5, 0.6) is 11.5 Å². The molecule has 1 N–H and O–H groups in total. The lowest BCUT2D eigenvalue weighted by molar-refractivity contribution is 0.394. The molecule has 0 saturated carbocycles. The van der Waals surface area contributed by atoms with Crippen LogP contribution in [0.15, 0.2) is 48.5 Å². The van der Waals surface area contributed by atoms with Crippen LogP contribution in [0.4, 0.5) is 11.4 Å². The first-order valence-corrected chi connectivity index (χ1v) is 9.24. The summed E-state index contributed by atoms with van der Waals surface area (Å²) >= 11 is 0. The molecular formula is C22H22N4O2. The van der Waals surface area contributed by atoms with Gasteiger partial charge in [0.25, 0.3) is 0 Å². The fourth-order valence-corrected chi connectivity index (χ4v) is 3.66. The van der Waals surface area contributed by atoms with Gasteiger partial charge in [0, 0.05) is 54.1 Å². The van der Waals surface area contributed by atoms with Crippen LogP contribution < -0.4 is 19.7 Å². The zero-order valence-electron chi connectivity index (χ0n) is 16.0. The lowest BCUT2D eigenvalue weighted by atomic mass is 10.1. The van der Waals surface area contributed by atoms with E-state index in [0.29, 0.717) is 5.69 Å². The molecule has 28 heavy (non-hydrogen) atoms. The minimum Gasteiger partial charge on any atom is -0.497 e. The number of nitrogens with one attached hydrogen (secondary N) is 1. The topological polar surface area (TPSA) is 70.4 Å². The molecule has 0 radical (unpaired) electrons. The van der Waals surface area contributed by atoms with Crippen LogP contribution in [0.3, 0.4) is 0 Å². The van der Waals surface area contributed by atoms with Gasteiger partial charge in [0.2, 0.25) is 0 Å². The highest BCUT2D eigenvalue weighted by Crippen LogP contribution is 2.32. The number of nitriles is 1. The fraction of sp³-hybridized carbons (Fsp3) is 0.273. The second-order valence-electron chi connectivity index (χ2n) is 6.83. The predicted molar refractivity (Wildman–Crippen MR) is 110 cm³/mol. The van der Waals surface area contributed by atoms with Gasteiger partial charge in [-0.1, -0.05) is 18.2 Å². The molecule has 1 fully saturated rings. The van der Waals surface area contributed by atoms with Crippen molar-refractivity contribution in [1.29, 1.82) is 5.26 Å². The van der Waals surface area contributed by atoms with E-state index in [2.05, 4.69) is 21.3 Å². The SMILES string of the molecule is COc1cc(OC)cc(N2CCC(Nc3cc(C#N)nc4ccccc34)C2)c1. The summed E-state index contributed by atoms with van der Waals surface area (Å²) in [7, 11) is 3.32. The van der Waals surface area contributed by atoms with E-state index in [-0.39, 0.29) is 6.04 Å². The van der Waals surface area contributed by atoms with Crippen LogP contribution in [0.25, 0.3) is 10.9 Å². The molecule has 1 saturated heterocycles. The maximum atomic E-state index is 9.30. The Morgan fingerprint density at radius 3 is 2.57 bits per heavy atom. The van der Waals surface area contributed by atoms with Gasteiger partial charge in [0.1, 0.15) is 23.3 Å². The third-order valence-electron chi connectivity index (χ3n) is 5.08. The molecule has 3 aromatic rings. The average molecular weight is 374 g/mol. The minimum absolute atomic E-state index is 0.273. The van der Waals surface area contributed by atoms with E-state index in [0.717, 1.165) is 53.3 Å². The number of para-hydroxylation sites is 1. The van der Waals surface area contributed by atoms with Crippen molar-refractivity contribution in [3.63, 3.8) is 0 Å². The molecule has 1 unspecified atom stereocenters. The van der Waals surface area contributed by atoms with Gasteiger partial charge in [-0.15, -0.1) is 0 Å². The van der Waals surface area contributed by atoms with Crippen molar-refractivity contribution in [2.75, 3.05) is 37.5 Å². The quantitative estimate of drug-likeness (QED) is 0.732. The Morgan fingerprint density at radius 2 is 1.86 bits per heavy atom. The van der Waals surface area contributed by atoms with E-state index in [9.17, 15) is 5.26 Å². The molecule has 4 rings (SSSR count). The Kier molecular flexibility index (Phi) is 4.90. The number of benzene rings is 2. The third-order valence-corrected chi connectivity index (χ3v) is 5.08. The highest BCUT2D eigenvalue weighted by atomic mass is 16.5. The Bertz CT molecular complexity index is 1020. The summed E-state index contributed by atoms with van der Waals surface area (Å²) in [4.78, 5) is 6.71. The molecule has 6 nitrogen and oxygen atoms in total. The van der Waals surface area contributed by atoms with Gasteiger partial charge in [-0.3, -0.25) is 0 Å². The number of hydrogen-bond acceptors (Lipinski definition) is 6. The molecule has 1 atom stereocenters. The Morgan fingerprint density at radius 1 is 1.11 bits per heavy atom. The molecule has 0 amide bonds. The van der Waals surface area contributed by atoms with Crippen LogP contribution >= 0.6 is 0 Å². The molecule has 0 bridgehead atoms. The summed E-state index contributed by atoms with van der Waals surface area (Å²) in [5.41, 5.74) is 3.29. The Balaban J connectivity index is 1.56. The summed E-state index contributed by atoms with van der Waals surface area (Å²) in [5.74, 6) is 1.56. The highest BCUT2D eigenvalue weighted by molar-refractivity contribution is 5.92. The van der Waals surface area contributed by atoms with Crippen molar-refractivity contribution in [3.8, 4) is 17.6 Å². The van der Waals surface area contributed by atoms with Gasteiger partial charge >= 0.3 is 0 Å². The van der Waals surface area contributed by atoms with Gasteiger partial charge in [0.15, 0.2) is 0 Å². The second-order valence-corrected chi connectivity index (χ2v) is 6.83. The van der Waals surface area contributed by atoms with Crippen molar-refractivity contribution in [1.82, 2.24) is 4.98 Å². The molecular weight excluding hydrogens is 352 g/mol. The van der Waals surface area contributed by atoms with Gasteiger partial charge in [0.05, 0.1) is 19.7 Å². The molecule has 6 heteroatoms. The van der Waals surface area contributed by atoms with Crippen molar-refractivity contribution >= 4 is 22.3 Å². The predicted octanol–water partition coefficient (Wildman–Crippen LogP) is 3.81. The summed E-state index contributed by atoms with van der Waals surface area (Å²) in [6.45, 7) is 1.79. The monoisotopic (exact) mass is 374 g/mol. The maximum absolute atomic E-state index is 9.30. The van der Waals surface area contributed by atoms with Crippen LogP contribution in [-0.4, -0.2) is 38.3 Å². The normalized spacial score (nSPS) is 16.0. The Hall–Kier alpha value is -3.46. The molecule has 2 aromatic carbocycles. The van der Waals surface area contributed by atoms with Crippen LogP contribution in [-0.2, 0) is 0 Å². The third kappa shape index (κ3) is 3.52. The smallest absolute Gasteiger partial charge is 0.143 e. The van der Waals surface area contributed by atoms with Gasteiger partial charge in [-0.2, -0.15) is 5.26 Å². The summed E-state index contributed by atoms with van der Waals surface area (Å²) < 4.78 is 10.8. The van der Waals surface area contributed by atoms with Crippen molar-refractivity contribution < 1.29 is 9.47 Å². The van der Waals surface area contributed by atoms with Crippen LogP contribution in [0, 0.1) is 11.3 Å². The largest absolute Gasteiger partial charge is 0.497 e. The number of ether oxygens (including phenoxy) is 2. The van der Waals surface area contributed by atoms with E-state index < -0.39 is 0 Å². The number of rotatable bonds is 5. The van der Waals surface area contributed by atoms with Crippen molar-refractivity contribution in [2.45, 2.75) is 12.5 Å². The first-order valence-electron chi connectivity index (χ1n) is 9.24. The number of pyridine rings is 1. The fourth-order valence-electron chi connectivity index (χ4n) is 3.66. The van der Waals surface area contributed by atoms with E-state index in [4.69, 9.17) is 9.47 Å². The van der Waals surface area contributed by atoms with Crippen molar-refractivity contribution in [3.05, 3.63) is 54.2 Å². The molecule has 0 aliphatic carbocycles. The van der Waals surface area contributed by atoms with E-state index in [1.165, 1.54) is 0 Å². The lowest BCUT2D eigenvalue weighted by Crippen LogP contribution is -2.26. The first kappa shape index (κ1) is 17.9. The lowest BCUT2D eigenvalue weighted by Gasteiger charge is -2.21. The second kappa shape index (κ2) is 7.65. The summed E-state index contributed by atoms with van der Waals surface area (Å²) in [6.07, 6.45) is 0.998. The Labute approximate surface area is 164 Å². The summed E-state index contributed by atoms with van der Waals surface area (Å²) in [5, 5.41) is 14.0. The number of methoxy groups -OCH3 is 2. The molecule has 1 aromatic heterocycles. The standard InChI is InChI=1S/C22H22N4O2/c1-27-18-10-17(11-19(12-18)28-2)26-8-7-15(14-26)24-22-9-16(13-23)25-21-6-4-3-5-20(21)22/h3-6,9-12,15H,7-8,14H2,1-2H3,(H,24,25). The van der Waals surface area contributed by atoms with Gasteiger partial charge in [-0.25, -0.2) is 4.98 Å². The van der Waals surface area contributed by atoms with Crippen LogP contribution in [0.1, 0.15) is 12.1 Å². The highest BCUT2D eigenvalue weighted by Gasteiger charge is 2.24. The first-order chi connectivity index (χ1) is 13.7. The number of aromatic nitrogens is 1. The molecule has 1 aliphatic rings. The van der Waals surface area contributed by atoms with Gasteiger partial charge < -0.3 is 19.7 Å². The zero-order chi connectivity index (χ0) is 19.5. The summed E-state index contributed by atoms with van der Waals surface area (Å²) in [6, 6.07) is 18.1. The van der Waals surface area contributed by atoms with E-state index in [1.54, 1.807) is 14.2 Å². The molecule has 1 aliphatic heterocycles. The zero-order valence-corrected chi connectivity index (χ0v) is 16.0. The van der Waals surface area contributed by atoms with Gasteiger partial charge in [-0.05, 0) is 18.6 Å². The molecule has 2 heterocycles.